The Balaban J connectivity index is 1.36. The number of nitrogens with one attached hydrogen (secondary N) is 1. The number of benzene rings is 1. The van der Waals surface area contributed by atoms with Gasteiger partial charge in [0.05, 0.1) is 6.04 Å². The Morgan fingerprint density at radius 1 is 1.15 bits per heavy atom. The molecule has 218 valence electrons. The third kappa shape index (κ3) is 5.51. The number of fused-ring (bicyclic) bond motifs is 1. The number of likely N-dealkylation sites (tertiary alicyclic amines) is 1. The van der Waals surface area contributed by atoms with E-state index in [2.05, 4.69) is 85.7 Å². The van der Waals surface area contributed by atoms with E-state index in [1.807, 2.05) is 12.1 Å². The number of pyridine rings is 1. The predicted molar refractivity (Wildman–Crippen MR) is 163 cm³/mol. The number of hydrogen-bond donors (Lipinski definition) is 2. The van der Waals surface area contributed by atoms with E-state index in [1.165, 1.54) is 16.7 Å². The number of hydrogen-bond acceptors (Lipinski definition) is 7. The smallest absolute Gasteiger partial charge is 0.160 e. The second-order valence-corrected chi connectivity index (χ2v) is 12.6. The number of aromatic hydroxyl groups is 1. The maximum absolute atomic E-state index is 10.1. The van der Waals surface area contributed by atoms with E-state index in [0.29, 0.717) is 23.9 Å². The van der Waals surface area contributed by atoms with Crippen LogP contribution in [0.15, 0.2) is 30.5 Å². The zero-order valence-electron chi connectivity index (χ0n) is 25.6. The normalized spacial score (nSPS) is 23.2. The molecule has 0 spiro atoms. The van der Waals surface area contributed by atoms with Crippen LogP contribution in [-0.4, -0.2) is 86.7 Å². The van der Waals surface area contributed by atoms with Crippen molar-refractivity contribution >= 4 is 11.2 Å². The Morgan fingerprint density at radius 2 is 1.85 bits per heavy atom. The van der Waals surface area contributed by atoms with Crippen molar-refractivity contribution in [3.8, 4) is 5.75 Å². The fourth-order valence-corrected chi connectivity index (χ4v) is 7.24. The summed E-state index contributed by atoms with van der Waals surface area (Å²) in [6.07, 6.45) is 6.35. The highest BCUT2D eigenvalue weighted by Crippen LogP contribution is 2.39. The minimum atomic E-state index is -0.0599. The highest BCUT2D eigenvalue weighted by molar-refractivity contribution is 5.76. The summed E-state index contributed by atoms with van der Waals surface area (Å²) in [6, 6.07) is 9.07. The summed E-state index contributed by atoms with van der Waals surface area (Å²) in [5, 5.41) is 13.8. The minimum Gasteiger partial charge on any atom is -0.508 e. The zero-order chi connectivity index (χ0) is 28.6. The lowest BCUT2D eigenvalue weighted by molar-refractivity contribution is 0.0505. The SMILES string of the molecule is CCC[C@H](c1nc2c(C)c(CN3CCC(c4cccc(O)c4)(N(C)C)CC3)cnc2n1C)N1C[C@@H](C)N[C@@H](C)C1. The standard InChI is InChI=1S/C32H49N7O/c1-8-10-28(39-19-22(2)34-23(3)20-39)30-35-29-24(4)25(18-33-31(29)37(30)7)21-38-15-13-32(14-16-38,36(5)6)26-11-9-12-27(40)17-26/h9,11-12,17-18,22-23,28,34,40H,8,10,13-16,19-21H2,1-7H3/t22-,23+,28-/m1/s1. The molecule has 1 aromatic carbocycles. The molecule has 8 nitrogen and oxygen atoms in total. The third-order valence-electron chi connectivity index (χ3n) is 9.48. The Morgan fingerprint density at radius 3 is 2.48 bits per heavy atom. The van der Waals surface area contributed by atoms with Gasteiger partial charge in [0.25, 0.3) is 0 Å². The average molecular weight is 548 g/mol. The van der Waals surface area contributed by atoms with Crippen molar-refractivity contribution in [2.45, 2.75) is 83.6 Å². The van der Waals surface area contributed by atoms with Crippen LogP contribution >= 0.6 is 0 Å². The van der Waals surface area contributed by atoms with Crippen LogP contribution < -0.4 is 5.32 Å². The Kier molecular flexibility index (Phi) is 8.53. The van der Waals surface area contributed by atoms with Gasteiger partial charge in [0.15, 0.2) is 5.65 Å². The summed E-state index contributed by atoms with van der Waals surface area (Å²) in [7, 11) is 6.46. The van der Waals surface area contributed by atoms with Crippen molar-refractivity contribution in [3.63, 3.8) is 0 Å². The zero-order valence-corrected chi connectivity index (χ0v) is 25.6. The van der Waals surface area contributed by atoms with Crippen LogP contribution in [0.1, 0.15) is 75.0 Å². The number of rotatable bonds is 8. The lowest BCUT2D eigenvalue weighted by Crippen LogP contribution is -2.55. The summed E-state index contributed by atoms with van der Waals surface area (Å²) in [5.41, 5.74) is 5.70. The molecule has 3 aromatic rings. The number of piperazine rings is 1. The molecule has 2 saturated heterocycles. The van der Waals surface area contributed by atoms with Gasteiger partial charge in [-0.1, -0.05) is 25.5 Å². The number of aromatic nitrogens is 3. The van der Waals surface area contributed by atoms with E-state index in [9.17, 15) is 5.11 Å². The molecule has 0 amide bonds. The van der Waals surface area contributed by atoms with E-state index in [4.69, 9.17) is 9.97 Å². The highest BCUT2D eigenvalue weighted by Gasteiger charge is 2.38. The van der Waals surface area contributed by atoms with Crippen LogP contribution in [0, 0.1) is 6.92 Å². The Hall–Kier alpha value is -2.52. The van der Waals surface area contributed by atoms with Crippen LogP contribution in [0.5, 0.6) is 5.75 Å². The molecule has 2 aliphatic rings. The maximum Gasteiger partial charge on any atom is 0.160 e. The number of aryl methyl sites for hydroxylation is 2. The van der Waals surface area contributed by atoms with Crippen molar-refractivity contribution in [1.82, 2.24) is 34.6 Å². The molecule has 0 radical (unpaired) electrons. The fraction of sp³-hybridized carbons (Fsp3) is 0.625. The van der Waals surface area contributed by atoms with E-state index < -0.39 is 0 Å². The molecule has 2 aromatic heterocycles. The largest absolute Gasteiger partial charge is 0.508 e. The maximum atomic E-state index is 10.1. The topological polar surface area (TPSA) is 72.7 Å². The van der Waals surface area contributed by atoms with Gasteiger partial charge >= 0.3 is 0 Å². The first-order valence-corrected chi connectivity index (χ1v) is 15.1. The molecule has 3 atom stereocenters. The molecular formula is C32H49N7O. The van der Waals surface area contributed by atoms with Crippen LogP contribution in [0.4, 0.5) is 0 Å². The average Bonchev–Trinajstić information content (AvgIpc) is 3.25. The molecule has 5 rings (SSSR count). The van der Waals surface area contributed by atoms with E-state index in [1.54, 1.807) is 6.07 Å². The summed E-state index contributed by atoms with van der Waals surface area (Å²) in [5.74, 6) is 1.48. The van der Waals surface area contributed by atoms with E-state index in [-0.39, 0.29) is 5.54 Å². The van der Waals surface area contributed by atoms with Crippen LogP contribution in [0.3, 0.4) is 0 Å². The number of imidazole rings is 1. The van der Waals surface area contributed by atoms with Crippen molar-refractivity contribution in [2.75, 3.05) is 40.3 Å². The van der Waals surface area contributed by atoms with Gasteiger partial charge in [-0.2, -0.15) is 0 Å². The van der Waals surface area contributed by atoms with Gasteiger partial charge in [0.1, 0.15) is 17.1 Å². The Bertz CT molecular complexity index is 1300. The molecule has 0 bridgehead atoms. The molecule has 2 N–H and O–H groups in total. The molecule has 8 heteroatoms. The van der Waals surface area contributed by atoms with E-state index >= 15 is 0 Å². The molecular weight excluding hydrogens is 498 g/mol. The van der Waals surface area contributed by atoms with Gasteiger partial charge in [-0.25, -0.2) is 9.97 Å². The first-order valence-electron chi connectivity index (χ1n) is 15.1. The first-order chi connectivity index (χ1) is 19.1. The van der Waals surface area contributed by atoms with Crippen LogP contribution in [0.25, 0.3) is 11.2 Å². The monoisotopic (exact) mass is 547 g/mol. The van der Waals surface area contributed by atoms with Gasteiger partial charge < -0.3 is 15.0 Å². The predicted octanol–water partition coefficient (Wildman–Crippen LogP) is 4.56. The second kappa shape index (κ2) is 11.8. The number of phenols is 1. The molecule has 0 saturated carbocycles. The summed E-state index contributed by atoms with van der Waals surface area (Å²) < 4.78 is 2.24. The second-order valence-electron chi connectivity index (χ2n) is 12.6. The minimum absolute atomic E-state index is 0.0599. The van der Waals surface area contributed by atoms with Crippen molar-refractivity contribution < 1.29 is 5.11 Å². The van der Waals surface area contributed by atoms with Gasteiger partial charge in [0.2, 0.25) is 0 Å². The highest BCUT2D eigenvalue weighted by atomic mass is 16.3. The first kappa shape index (κ1) is 29.0. The molecule has 0 unspecified atom stereocenters. The van der Waals surface area contributed by atoms with Gasteiger partial charge in [-0.05, 0) is 83.0 Å². The van der Waals surface area contributed by atoms with Crippen molar-refractivity contribution in [2.24, 2.45) is 7.05 Å². The number of nitrogens with zero attached hydrogens (tertiary/aromatic N) is 6. The van der Waals surface area contributed by atoms with Crippen LogP contribution in [0.2, 0.25) is 0 Å². The summed E-state index contributed by atoms with van der Waals surface area (Å²) >= 11 is 0. The van der Waals surface area contributed by atoms with Gasteiger partial charge in [-0.3, -0.25) is 14.7 Å². The van der Waals surface area contributed by atoms with Crippen molar-refractivity contribution in [3.05, 3.63) is 53.0 Å². The Labute approximate surface area is 240 Å². The summed E-state index contributed by atoms with van der Waals surface area (Å²) in [4.78, 5) is 17.8. The summed E-state index contributed by atoms with van der Waals surface area (Å²) in [6.45, 7) is 14.0. The fourth-order valence-electron chi connectivity index (χ4n) is 7.24. The van der Waals surface area contributed by atoms with Crippen LogP contribution in [-0.2, 0) is 19.1 Å². The molecule has 40 heavy (non-hydrogen) atoms. The van der Waals surface area contributed by atoms with Crippen molar-refractivity contribution in [1.29, 1.82) is 0 Å². The molecule has 2 fully saturated rings. The molecule has 4 heterocycles. The molecule has 2 aliphatic heterocycles. The number of piperidine rings is 1. The third-order valence-corrected chi connectivity index (χ3v) is 9.48. The lowest BCUT2D eigenvalue weighted by Gasteiger charge is -2.46. The lowest BCUT2D eigenvalue weighted by atomic mass is 9.79. The van der Waals surface area contributed by atoms with E-state index in [0.717, 1.165) is 75.4 Å². The van der Waals surface area contributed by atoms with Gasteiger partial charge in [0, 0.05) is 63.6 Å². The number of phenolic OH excluding ortho intramolecular Hbond substituents is 1. The van der Waals surface area contributed by atoms with Gasteiger partial charge in [-0.15, -0.1) is 0 Å². The molecule has 0 aliphatic carbocycles. The quantitative estimate of drug-likeness (QED) is 0.428.